The number of carbonyl (C=O) groups excluding carboxylic acids is 1. The molecule has 2 nitrogen and oxygen atoms in total. The third-order valence-electron chi connectivity index (χ3n) is 3.10. The van der Waals surface area contributed by atoms with Gasteiger partial charge in [0.05, 0.1) is 5.41 Å². The Balaban J connectivity index is 2.47. The Labute approximate surface area is 78.0 Å². The van der Waals surface area contributed by atoms with E-state index in [-0.39, 0.29) is 11.3 Å². The molecule has 68 valence electrons. The Morgan fingerprint density at radius 2 is 2.00 bits per heavy atom. The smallest absolute Gasteiger partial charge is 0.235 e. The minimum Gasteiger partial charge on any atom is -0.325 e. The van der Waals surface area contributed by atoms with E-state index < -0.39 is 0 Å². The molecule has 0 aromatic carbocycles. The van der Waals surface area contributed by atoms with E-state index in [0.717, 1.165) is 30.5 Å². The van der Waals surface area contributed by atoms with Crippen molar-refractivity contribution in [1.82, 2.24) is 5.32 Å². The fourth-order valence-electron chi connectivity index (χ4n) is 2.18. The lowest BCUT2D eigenvalue weighted by Crippen LogP contribution is -2.39. The highest BCUT2D eigenvalue weighted by Crippen LogP contribution is 2.51. The highest BCUT2D eigenvalue weighted by Gasteiger charge is 2.50. The zero-order valence-electron chi connectivity index (χ0n) is 7.60. The van der Waals surface area contributed by atoms with Crippen molar-refractivity contribution in [3.63, 3.8) is 0 Å². The van der Waals surface area contributed by atoms with Crippen molar-refractivity contribution in [2.45, 2.75) is 19.3 Å². The maximum Gasteiger partial charge on any atom is 0.235 e. The van der Waals surface area contributed by atoms with Gasteiger partial charge >= 0.3 is 0 Å². The lowest BCUT2D eigenvalue weighted by atomic mass is 9.64. The zero-order valence-corrected chi connectivity index (χ0v) is 7.60. The predicted octanol–water partition coefficient (Wildman–Crippen LogP) is 1.91. The first-order valence-electron chi connectivity index (χ1n) is 4.56. The van der Waals surface area contributed by atoms with Gasteiger partial charge in [-0.25, -0.2) is 0 Å². The van der Waals surface area contributed by atoms with E-state index in [4.69, 9.17) is 0 Å². The molecule has 0 saturated heterocycles. The number of amides is 1. The number of rotatable bonds is 2. The van der Waals surface area contributed by atoms with Crippen LogP contribution in [0.15, 0.2) is 36.6 Å². The lowest BCUT2D eigenvalue weighted by Gasteiger charge is -2.36. The lowest BCUT2D eigenvalue weighted by molar-refractivity contribution is -0.130. The predicted molar refractivity (Wildman–Crippen MR) is 51.8 cm³/mol. The van der Waals surface area contributed by atoms with Crippen LogP contribution >= 0.6 is 0 Å². The first-order valence-corrected chi connectivity index (χ1v) is 4.56. The van der Waals surface area contributed by atoms with Crippen LogP contribution in [0, 0.1) is 5.41 Å². The maximum atomic E-state index is 11.7. The molecule has 1 N–H and O–H groups in total. The fourth-order valence-corrected chi connectivity index (χ4v) is 2.18. The summed E-state index contributed by atoms with van der Waals surface area (Å²) in [6.07, 6.45) is 6.53. The second kappa shape index (κ2) is 2.59. The van der Waals surface area contributed by atoms with Gasteiger partial charge in [0, 0.05) is 5.70 Å². The highest BCUT2D eigenvalue weighted by atomic mass is 16.2. The van der Waals surface area contributed by atoms with Crippen molar-refractivity contribution < 1.29 is 4.79 Å². The molecule has 1 saturated carbocycles. The van der Waals surface area contributed by atoms with Crippen LogP contribution in [0.3, 0.4) is 0 Å². The molecule has 1 aliphatic carbocycles. The largest absolute Gasteiger partial charge is 0.325 e. The van der Waals surface area contributed by atoms with Crippen LogP contribution in [0.25, 0.3) is 0 Å². The van der Waals surface area contributed by atoms with Crippen LogP contribution < -0.4 is 5.32 Å². The van der Waals surface area contributed by atoms with Gasteiger partial charge in [0.15, 0.2) is 0 Å². The van der Waals surface area contributed by atoms with Gasteiger partial charge in [0.2, 0.25) is 5.91 Å². The monoisotopic (exact) mass is 175 g/mol. The minimum atomic E-state index is -0.245. The number of hydrogen-bond donors (Lipinski definition) is 1. The molecule has 2 rings (SSSR count). The van der Waals surface area contributed by atoms with Crippen LogP contribution in [0.5, 0.6) is 0 Å². The van der Waals surface area contributed by atoms with Crippen LogP contribution in [0.4, 0.5) is 0 Å². The summed E-state index contributed by atoms with van der Waals surface area (Å²) in [5, 5.41) is 2.85. The van der Waals surface area contributed by atoms with E-state index in [1.54, 1.807) is 12.2 Å². The Morgan fingerprint density at radius 1 is 1.31 bits per heavy atom. The Bertz CT molecular complexity index is 321. The normalized spacial score (nSPS) is 24.2. The minimum absolute atomic E-state index is 0.128. The standard InChI is InChI=1S/C11H13NO/c1-3-8-9(4-2)12-10(13)11(8)6-5-7-11/h3-4H,1-2,5-7H2,(H,12,13). The highest BCUT2D eigenvalue weighted by molar-refractivity contribution is 5.93. The first-order chi connectivity index (χ1) is 6.24. The molecule has 0 atom stereocenters. The summed E-state index contributed by atoms with van der Waals surface area (Å²) < 4.78 is 0. The third kappa shape index (κ3) is 0.857. The molecule has 1 amide bonds. The number of hydrogen-bond acceptors (Lipinski definition) is 1. The molecule has 0 radical (unpaired) electrons. The summed E-state index contributed by atoms with van der Waals surface area (Å²) in [7, 11) is 0. The third-order valence-corrected chi connectivity index (χ3v) is 3.10. The van der Waals surface area contributed by atoms with Crippen molar-refractivity contribution in [2.24, 2.45) is 5.41 Å². The SMILES string of the molecule is C=CC1=C(C=C)C2(CCC2)C(=O)N1. The van der Waals surface area contributed by atoms with Crippen LogP contribution in [0.2, 0.25) is 0 Å². The van der Waals surface area contributed by atoms with Gasteiger partial charge in [-0.3, -0.25) is 4.79 Å². The van der Waals surface area contributed by atoms with Gasteiger partial charge in [-0.1, -0.05) is 25.7 Å². The zero-order chi connectivity index (χ0) is 9.47. The van der Waals surface area contributed by atoms with Gasteiger partial charge in [-0.15, -0.1) is 0 Å². The molecule has 0 aromatic heterocycles. The van der Waals surface area contributed by atoms with Crippen molar-refractivity contribution >= 4 is 5.91 Å². The van der Waals surface area contributed by atoms with Gasteiger partial charge in [-0.05, 0) is 24.5 Å². The molecular formula is C11H13NO. The summed E-state index contributed by atoms with van der Waals surface area (Å²) in [6, 6.07) is 0. The average Bonchev–Trinajstić information content (AvgIpc) is 2.36. The van der Waals surface area contributed by atoms with E-state index in [2.05, 4.69) is 18.5 Å². The molecule has 2 heteroatoms. The molecule has 13 heavy (non-hydrogen) atoms. The van der Waals surface area contributed by atoms with Gasteiger partial charge in [0.1, 0.15) is 0 Å². The Hall–Kier alpha value is -1.31. The Kier molecular flexibility index (Phi) is 1.65. The quantitative estimate of drug-likeness (QED) is 0.682. The Morgan fingerprint density at radius 3 is 2.38 bits per heavy atom. The van der Waals surface area contributed by atoms with E-state index in [9.17, 15) is 4.79 Å². The molecule has 0 bridgehead atoms. The molecular weight excluding hydrogens is 162 g/mol. The van der Waals surface area contributed by atoms with E-state index in [0.29, 0.717) is 0 Å². The average molecular weight is 175 g/mol. The van der Waals surface area contributed by atoms with Gasteiger partial charge < -0.3 is 5.32 Å². The molecule has 1 aliphatic heterocycles. The van der Waals surface area contributed by atoms with Crippen LogP contribution in [-0.2, 0) is 4.79 Å². The van der Waals surface area contributed by atoms with E-state index in [1.165, 1.54) is 0 Å². The van der Waals surface area contributed by atoms with E-state index in [1.807, 2.05) is 0 Å². The van der Waals surface area contributed by atoms with Crippen molar-refractivity contribution in [3.8, 4) is 0 Å². The topological polar surface area (TPSA) is 29.1 Å². The van der Waals surface area contributed by atoms with Crippen molar-refractivity contribution in [1.29, 1.82) is 0 Å². The fraction of sp³-hybridized carbons (Fsp3) is 0.364. The summed E-state index contributed by atoms with van der Waals surface area (Å²) in [6.45, 7) is 7.43. The maximum absolute atomic E-state index is 11.7. The van der Waals surface area contributed by atoms with Gasteiger partial charge in [-0.2, -0.15) is 0 Å². The van der Waals surface area contributed by atoms with E-state index >= 15 is 0 Å². The van der Waals surface area contributed by atoms with Crippen molar-refractivity contribution in [2.75, 3.05) is 0 Å². The first kappa shape index (κ1) is 8.30. The molecule has 1 fully saturated rings. The number of allylic oxidation sites excluding steroid dienone is 2. The second-order valence-electron chi connectivity index (χ2n) is 3.63. The summed E-state index contributed by atoms with van der Waals surface area (Å²) in [5.74, 6) is 0.128. The summed E-state index contributed by atoms with van der Waals surface area (Å²) >= 11 is 0. The van der Waals surface area contributed by atoms with Gasteiger partial charge in [0.25, 0.3) is 0 Å². The molecule has 0 aromatic rings. The van der Waals surface area contributed by atoms with Crippen molar-refractivity contribution in [3.05, 3.63) is 36.6 Å². The molecule has 1 spiro atoms. The second-order valence-corrected chi connectivity index (χ2v) is 3.63. The number of carbonyl (C=O) groups is 1. The summed E-state index contributed by atoms with van der Waals surface area (Å²) in [5.41, 5.74) is 1.64. The summed E-state index contributed by atoms with van der Waals surface area (Å²) in [4.78, 5) is 11.7. The molecule has 2 aliphatic rings. The van der Waals surface area contributed by atoms with Crippen LogP contribution in [-0.4, -0.2) is 5.91 Å². The molecule has 1 heterocycles. The molecule has 0 unspecified atom stereocenters. The van der Waals surface area contributed by atoms with Crippen LogP contribution in [0.1, 0.15) is 19.3 Å². The number of nitrogens with one attached hydrogen (secondary N) is 1.